The summed E-state index contributed by atoms with van der Waals surface area (Å²) in [4.78, 5) is 25.6. The number of nitrogens with one attached hydrogen (secondary N) is 2. The average molecular weight is 395 g/mol. The first kappa shape index (κ1) is 19.5. The van der Waals surface area contributed by atoms with Crippen molar-refractivity contribution in [3.8, 4) is 5.75 Å². The number of benzene rings is 3. The molecule has 0 heterocycles. The van der Waals surface area contributed by atoms with Gasteiger partial charge >= 0.3 is 0 Å². The van der Waals surface area contributed by atoms with E-state index >= 15 is 0 Å². The highest BCUT2D eigenvalue weighted by molar-refractivity contribution is 6.30. The standard InChI is InChI=1S/C22H19ClN2O3/c1-28-19-12-10-16(11-13-19)22(27)25-21(20(26)15-6-3-2-4-7-15)24-18-9-5-8-17(23)14-18/h2-14,21,24H,1H3,(H,25,27). The third kappa shape index (κ3) is 4.90. The fourth-order valence-corrected chi connectivity index (χ4v) is 2.83. The highest BCUT2D eigenvalue weighted by Gasteiger charge is 2.22. The summed E-state index contributed by atoms with van der Waals surface area (Å²) in [5.41, 5.74) is 1.52. The molecule has 5 nitrogen and oxygen atoms in total. The Labute approximate surface area is 168 Å². The van der Waals surface area contributed by atoms with Crippen LogP contribution in [0.2, 0.25) is 5.02 Å². The average Bonchev–Trinajstić information content (AvgIpc) is 2.73. The van der Waals surface area contributed by atoms with Crippen molar-refractivity contribution >= 4 is 29.0 Å². The number of anilines is 1. The number of hydrogen-bond donors (Lipinski definition) is 2. The van der Waals surface area contributed by atoms with Crippen molar-refractivity contribution in [2.24, 2.45) is 0 Å². The van der Waals surface area contributed by atoms with Gasteiger partial charge in [-0.2, -0.15) is 0 Å². The van der Waals surface area contributed by atoms with E-state index in [9.17, 15) is 9.59 Å². The molecule has 0 aliphatic heterocycles. The van der Waals surface area contributed by atoms with Crippen LogP contribution in [0, 0.1) is 0 Å². The SMILES string of the molecule is COc1ccc(C(=O)NC(Nc2cccc(Cl)c2)C(=O)c2ccccc2)cc1. The predicted octanol–water partition coefficient (Wildman–Crippen LogP) is 4.40. The van der Waals surface area contributed by atoms with E-state index in [0.29, 0.717) is 27.6 Å². The van der Waals surface area contributed by atoms with Crippen molar-refractivity contribution in [2.75, 3.05) is 12.4 Å². The van der Waals surface area contributed by atoms with Crippen molar-refractivity contribution in [1.82, 2.24) is 5.32 Å². The van der Waals surface area contributed by atoms with Gasteiger partial charge in [0, 0.05) is 21.8 Å². The Hall–Kier alpha value is -3.31. The second kappa shape index (κ2) is 9.06. The van der Waals surface area contributed by atoms with Gasteiger partial charge in [-0.15, -0.1) is 0 Å². The van der Waals surface area contributed by atoms with Crippen LogP contribution in [0.4, 0.5) is 5.69 Å². The number of methoxy groups -OCH3 is 1. The zero-order valence-electron chi connectivity index (χ0n) is 15.2. The van der Waals surface area contributed by atoms with E-state index in [-0.39, 0.29) is 11.7 Å². The van der Waals surface area contributed by atoms with Crippen LogP contribution >= 0.6 is 11.6 Å². The Morgan fingerprint density at radius 3 is 2.25 bits per heavy atom. The number of amides is 1. The maximum Gasteiger partial charge on any atom is 0.253 e. The molecule has 0 spiro atoms. The molecule has 3 rings (SSSR count). The molecule has 1 unspecified atom stereocenters. The van der Waals surface area contributed by atoms with Crippen molar-refractivity contribution in [3.63, 3.8) is 0 Å². The third-order valence-corrected chi connectivity index (χ3v) is 4.32. The van der Waals surface area contributed by atoms with E-state index in [4.69, 9.17) is 16.3 Å². The summed E-state index contributed by atoms with van der Waals surface area (Å²) in [6.45, 7) is 0. The van der Waals surface area contributed by atoms with Gasteiger partial charge in [-0.1, -0.05) is 48.0 Å². The lowest BCUT2D eigenvalue weighted by Crippen LogP contribution is -2.46. The fraction of sp³-hybridized carbons (Fsp3) is 0.0909. The number of ether oxygens (including phenoxy) is 1. The van der Waals surface area contributed by atoms with Gasteiger partial charge in [-0.05, 0) is 42.5 Å². The zero-order valence-corrected chi connectivity index (χ0v) is 15.9. The van der Waals surface area contributed by atoms with Crippen LogP contribution in [0.15, 0.2) is 78.9 Å². The Kier molecular flexibility index (Phi) is 6.29. The van der Waals surface area contributed by atoms with Gasteiger partial charge in [0.2, 0.25) is 5.78 Å². The summed E-state index contributed by atoms with van der Waals surface area (Å²) in [5.74, 6) is -0.000543. The second-order valence-electron chi connectivity index (χ2n) is 6.02. The number of Topliss-reactive ketones (excluding diaryl/α,β-unsaturated/α-hetero) is 1. The van der Waals surface area contributed by atoms with Crippen LogP contribution in [-0.4, -0.2) is 25.0 Å². The van der Waals surface area contributed by atoms with E-state index in [1.54, 1.807) is 79.9 Å². The summed E-state index contributed by atoms with van der Waals surface area (Å²) in [6.07, 6.45) is -0.963. The van der Waals surface area contributed by atoms with Gasteiger partial charge in [-0.25, -0.2) is 0 Å². The monoisotopic (exact) mass is 394 g/mol. The minimum Gasteiger partial charge on any atom is -0.497 e. The Balaban J connectivity index is 1.84. The predicted molar refractivity (Wildman–Crippen MR) is 110 cm³/mol. The molecule has 0 saturated heterocycles. The van der Waals surface area contributed by atoms with Crippen molar-refractivity contribution in [2.45, 2.75) is 6.17 Å². The van der Waals surface area contributed by atoms with Gasteiger partial charge in [0.25, 0.3) is 5.91 Å². The summed E-state index contributed by atoms with van der Waals surface area (Å²) in [6, 6.07) is 22.4. The van der Waals surface area contributed by atoms with Crippen LogP contribution in [0.25, 0.3) is 0 Å². The number of carbonyl (C=O) groups excluding carboxylic acids is 2. The zero-order chi connectivity index (χ0) is 19.9. The molecule has 0 aliphatic rings. The van der Waals surface area contributed by atoms with Gasteiger partial charge in [0.1, 0.15) is 5.75 Å². The molecule has 2 N–H and O–H groups in total. The first-order valence-electron chi connectivity index (χ1n) is 8.63. The minimum absolute atomic E-state index is 0.262. The highest BCUT2D eigenvalue weighted by atomic mass is 35.5. The topological polar surface area (TPSA) is 67.4 Å². The maximum atomic E-state index is 13.0. The Morgan fingerprint density at radius 2 is 1.61 bits per heavy atom. The molecular formula is C22H19ClN2O3. The van der Waals surface area contributed by atoms with Crippen LogP contribution in [-0.2, 0) is 0 Å². The molecule has 0 aromatic heterocycles. The molecule has 3 aromatic rings. The number of rotatable bonds is 7. The highest BCUT2D eigenvalue weighted by Crippen LogP contribution is 2.17. The van der Waals surface area contributed by atoms with Gasteiger partial charge < -0.3 is 15.4 Å². The number of halogens is 1. The molecule has 0 radical (unpaired) electrons. The molecule has 142 valence electrons. The maximum absolute atomic E-state index is 13.0. The second-order valence-corrected chi connectivity index (χ2v) is 6.46. The molecule has 6 heteroatoms. The van der Waals surface area contributed by atoms with E-state index in [1.807, 2.05) is 6.07 Å². The first-order valence-corrected chi connectivity index (χ1v) is 9.01. The lowest BCUT2D eigenvalue weighted by atomic mass is 10.1. The molecular weight excluding hydrogens is 376 g/mol. The number of ketones is 1. The summed E-state index contributed by atoms with van der Waals surface area (Å²) < 4.78 is 5.11. The van der Waals surface area contributed by atoms with Crippen molar-refractivity contribution < 1.29 is 14.3 Å². The van der Waals surface area contributed by atoms with Gasteiger partial charge in [-0.3, -0.25) is 9.59 Å². The third-order valence-electron chi connectivity index (χ3n) is 4.08. The molecule has 0 fully saturated rings. The van der Waals surface area contributed by atoms with E-state index in [0.717, 1.165) is 0 Å². The summed E-state index contributed by atoms with van der Waals surface area (Å²) >= 11 is 6.03. The smallest absolute Gasteiger partial charge is 0.253 e. The first-order chi connectivity index (χ1) is 13.6. The minimum atomic E-state index is -0.963. The van der Waals surface area contributed by atoms with Gasteiger partial charge in [0.05, 0.1) is 7.11 Å². The fourth-order valence-electron chi connectivity index (χ4n) is 2.64. The lowest BCUT2D eigenvalue weighted by Gasteiger charge is -2.20. The Morgan fingerprint density at radius 1 is 0.893 bits per heavy atom. The van der Waals surface area contributed by atoms with Crippen molar-refractivity contribution in [3.05, 3.63) is 95.0 Å². The molecule has 1 atom stereocenters. The van der Waals surface area contributed by atoms with E-state index < -0.39 is 6.17 Å². The number of carbonyl (C=O) groups is 2. The molecule has 3 aromatic carbocycles. The molecule has 1 amide bonds. The molecule has 0 aliphatic carbocycles. The van der Waals surface area contributed by atoms with Crippen LogP contribution in [0.3, 0.4) is 0 Å². The van der Waals surface area contributed by atoms with Crippen LogP contribution < -0.4 is 15.4 Å². The summed E-state index contributed by atoms with van der Waals surface area (Å²) in [5, 5.41) is 6.33. The Bertz CT molecular complexity index is 959. The molecule has 28 heavy (non-hydrogen) atoms. The molecule has 0 bridgehead atoms. The quantitative estimate of drug-likeness (QED) is 0.460. The normalized spacial score (nSPS) is 11.4. The number of hydrogen-bond acceptors (Lipinski definition) is 4. The summed E-state index contributed by atoms with van der Waals surface area (Å²) in [7, 11) is 1.55. The largest absolute Gasteiger partial charge is 0.497 e. The van der Waals surface area contributed by atoms with E-state index in [1.165, 1.54) is 0 Å². The molecule has 0 saturated carbocycles. The van der Waals surface area contributed by atoms with Crippen molar-refractivity contribution in [1.29, 1.82) is 0 Å². The van der Waals surface area contributed by atoms with Crippen LogP contribution in [0.5, 0.6) is 5.75 Å². The van der Waals surface area contributed by atoms with Gasteiger partial charge in [0.15, 0.2) is 6.17 Å². The lowest BCUT2D eigenvalue weighted by molar-refractivity contribution is 0.0869. The van der Waals surface area contributed by atoms with E-state index in [2.05, 4.69) is 10.6 Å². The van der Waals surface area contributed by atoms with Crippen LogP contribution in [0.1, 0.15) is 20.7 Å².